The molecule has 0 aromatic heterocycles. The minimum Gasteiger partial charge on any atom is -0.481 e. The molecule has 0 amide bonds. The van der Waals surface area contributed by atoms with Crippen molar-refractivity contribution in [2.75, 3.05) is 0 Å². The monoisotopic (exact) mass is 242 g/mol. The van der Waals surface area contributed by atoms with Crippen molar-refractivity contribution in [3.8, 4) is 0 Å². The van der Waals surface area contributed by atoms with Gasteiger partial charge in [0.05, 0.1) is 6.42 Å². The van der Waals surface area contributed by atoms with Crippen molar-refractivity contribution in [2.45, 2.75) is 24.9 Å². The molecule has 2 rings (SSSR count). The largest absolute Gasteiger partial charge is 0.481 e. The van der Waals surface area contributed by atoms with Gasteiger partial charge in [0.15, 0.2) is 0 Å². The van der Waals surface area contributed by atoms with Crippen LogP contribution in [0.1, 0.15) is 24.8 Å². The molecule has 1 saturated carbocycles. The van der Waals surface area contributed by atoms with Crippen molar-refractivity contribution in [3.63, 3.8) is 0 Å². The Balaban J connectivity index is 2.44. The van der Waals surface area contributed by atoms with E-state index < -0.39 is 29.6 Å². The molecule has 5 heteroatoms. The van der Waals surface area contributed by atoms with Crippen molar-refractivity contribution >= 4 is 5.97 Å². The number of rotatable bonds is 4. The van der Waals surface area contributed by atoms with Crippen LogP contribution < -0.4 is 0 Å². The molecule has 3 nitrogen and oxygen atoms in total. The average molecular weight is 242 g/mol. The molecule has 0 radical (unpaired) electrons. The van der Waals surface area contributed by atoms with Crippen LogP contribution in [0.15, 0.2) is 18.2 Å². The standard InChI is InChI=1S/C12H12F2O3/c13-8-3-4-10(14)9(5-8)12(17,6-11(15)16)7-1-2-7/h3-5,7,17H,1-2,6H2,(H,15,16). The van der Waals surface area contributed by atoms with E-state index in [-0.39, 0.29) is 11.5 Å². The first-order chi connectivity index (χ1) is 7.93. The normalized spacial score (nSPS) is 18.8. The fraction of sp³-hybridized carbons (Fsp3) is 0.417. The third kappa shape index (κ3) is 2.29. The highest BCUT2D eigenvalue weighted by atomic mass is 19.1. The highest BCUT2D eigenvalue weighted by Gasteiger charge is 2.48. The molecule has 1 unspecified atom stereocenters. The maximum absolute atomic E-state index is 13.6. The van der Waals surface area contributed by atoms with Crippen molar-refractivity contribution in [1.82, 2.24) is 0 Å². The van der Waals surface area contributed by atoms with Crippen LogP contribution >= 0.6 is 0 Å². The Hall–Kier alpha value is -1.49. The van der Waals surface area contributed by atoms with Crippen LogP contribution in [0.2, 0.25) is 0 Å². The molecule has 1 aromatic carbocycles. The lowest BCUT2D eigenvalue weighted by Gasteiger charge is -2.27. The molecule has 0 saturated heterocycles. The van der Waals surface area contributed by atoms with Gasteiger partial charge in [-0.3, -0.25) is 4.79 Å². The van der Waals surface area contributed by atoms with Gasteiger partial charge < -0.3 is 10.2 Å². The van der Waals surface area contributed by atoms with Crippen LogP contribution in [0.4, 0.5) is 8.78 Å². The number of hydrogen-bond donors (Lipinski definition) is 2. The van der Waals surface area contributed by atoms with Gasteiger partial charge in [-0.05, 0) is 37.0 Å². The summed E-state index contributed by atoms with van der Waals surface area (Å²) in [5.74, 6) is -3.01. The van der Waals surface area contributed by atoms with Crippen LogP contribution in [-0.4, -0.2) is 16.2 Å². The van der Waals surface area contributed by atoms with Crippen molar-refractivity contribution < 1.29 is 23.8 Å². The quantitative estimate of drug-likeness (QED) is 0.849. The predicted octanol–water partition coefficient (Wildman–Crippen LogP) is 2.04. The molecule has 1 aliphatic carbocycles. The first-order valence-corrected chi connectivity index (χ1v) is 5.33. The highest BCUT2D eigenvalue weighted by molar-refractivity contribution is 5.69. The number of carbonyl (C=O) groups is 1. The Morgan fingerprint density at radius 3 is 2.59 bits per heavy atom. The Morgan fingerprint density at radius 2 is 2.06 bits per heavy atom. The van der Waals surface area contributed by atoms with Gasteiger partial charge in [-0.2, -0.15) is 0 Å². The topological polar surface area (TPSA) is 57.5 Å². The minimum absolute atomic E-state index is 0.262. The fourth-order valence-corrected chi connectivity index (χ4v) is 2.08. The minimum atomic E-state index is -1.81. The first-order valence-electron chi connectivity index (χ1n) is 5.33. The van der Waals surface area contributed by atoms with E-state index in [1.165, 1.54) is 0 Å². The van der Waals surface area contributed by atoms with Gasteiger partial charge in [-0.1, -0.05) is 0 Å². The van der Waals surface area contributed by atoms with Crippen molar-refractivity contribution in [2.24, 2.45) is 5.92 Å². The first kappa shape index (κ1) is 12.0. The van der Waals surface area contributed by atoms with Crippen LogP contribution in [0.25, 0.3) is 0 Å². The van der Waals surface area contributed by atoms with Gasteiger partial charge in [0, 0.05) is 5.56 Å². The summed E-state index contributed by atoms with van der Waals surface area (Å²) in [6.07, 6.45) is 0.636. The summed E-state index contributed by atoms with van der Waals surface area (Å²) in [4.78, 5) is 10.7. The Kier molecular flexibility index (Phi) is 2.87. The number of halogens is 2. The maximum Gasteiger partial charge on any atom is 0.306 e. The summed E-state index contributed by atoms with van der Waals surface area (Å²) >= 11 is 0. The molecule has 0 heterocycles. The number of aliphatic hydroxyl groups is 1. The van der Waals surface area contributed by atoms with Gasteiger partial charge >= 0.3 is 5.97 Å². The van der Waals surface area contributed by atoms with E-state index in [4.69, 9.17) is 5.11 Å². The Labute approximate surface area is 96.7 Å². The lowest BCUT2D eigenvalue weighted by molar-refractivity contribution is -0.144. The van der Waals surface area contributed by atoms with Crippen molar-refractivity contribution in [1.29, 1.82) is 0 Å². The van der Waals surface area contributed by atoms with Crippen LogP contribution in [0.5, 0.6) is 0 Å². The molecule has 1 aromatic rings. The van der Waals surface area contributed by atoms with Gasteiger partial charge in [0.2, 0.25) is 0 Å². The molecule has 17 heavy (non-hydrogen) atoms. The molecular weight excluding hydrogens is 230 g/mol. The smallest absolute Gasteiger partial charge is 0.306 e. The second-order valence-corrected chi connectivity index (χ2v) is 4.39. The van der Waals surface area contributed by atoms with Crippen LogP contribution in [-0.2, 0) is 10.4 Å². The van der Waals surface area contributed by atoms with Gasteiger partial charge in [0.1, 0.15) is 17.2 Å². The Morgan fingerprint density at radius 1 is 1.41 bits per heavy atom. The van der Waals surface area contributed by atoms with Crippen LogP contribution in [0, 0.1) is 17.6 Å². The number of aliphatic carboxylic acids is 1. The van der Waals surface area contributed by atoms with E-state index in [1.807, 2.05) is 0 Å². The summed E-state index contributed by atoms with van der Waals surface area (Å²) in [6.45, 7) is 0. The number of carboxylic acid groups (broad SMARTS) is 1. The molecule has 0 bridgehead atoms. The number of hydrogen-bond acceptors (Lipinski definition) is 2. The molecule has 0 aliphatic heterocycles. The van der Waals surface area contributed by atoms with Gasteiger partial charge in [-0.15, -0.1) is 0 Å². The second kappa shape index (κ2) is 4.07. The summed E-state index contributed by atoms with van der Waals surface area (Å²) < 4.78 is 26.7. The van der Waals surface area contributed by atoms with E-state index in [0.717, 1.165) is 18.2 Å². The molecule has 1 atom stereocenters. The average Bonchev–Trinajstić information content (AvgIpc) is 3.04. The summed E-state index contributed by atoms with van der Waals surface area (Å²) in [5.41, 5.74) is -2.07. The summed E-state index contributed by atoms with van der Waals surface area (Å²) in [6, 6.07) is 2.71. The van der Waals surface area contributed by atoms with E-state index in [9.17, 15) is 18.7 Å². The van der Waals surface area contributed by atoms with E-state index in [0.29, 0.717) is 12.8 Å². The fourth-order valence-electron chi connectivity index (χ4n) is 2.08. The highest BCUT2D eigenvalue weighted by Crippen LogP contribution is 2.48. The van der Waals surface area contributed by atoms with Gasteiger partial charge in [-0.25, -0.2) is 8.78 Å². The van der Waals surface area contributed by atoms with E-state index in [2.05, 4.69) is 0 Å². The third-order valence-corrected chi connectivity index (χ3v) is 3.07. The van der Waals surface area contributed by atoms with Crippen LogP contribution in [0.3, 0.4) is 0 Å². The molecule has 2 N–H and O–H groups in total. The number of benzene rings is 1. The summed E-state index contributed by atoms with van der Waals surface area (Å²) in [7, 11) is 0. The zero-order chi connectivity index (χ0) is 12.6. The molecule has 1 aliphatic rings. The van der Waals surface area contributed by atoms with E-state index >= 15 is 0 Å². The zero-order valence-corrected chi connectivity index (χ0v) is 8.99. The molecular formula is C12H12F2O3. The molecule has 0 spiro atoms. The predicted molar refractivity (Wildman–Crippen MR) is 55.2 cm³/mol. The maximum atomic E-state index is 13.6. The lowest BCUT2D eigenvalue weighted by atomic mass is 9.85. The van der Waals surface area contributed by atoms with E-state index in [1.54, 1.807) is 0 Å². The Bertz CT molecular complexity index is 457. The third-order valence-electron chi connectivity index (χ3n) is 3.07. The van der Waals surface area contributed by atoms with Gasteiger partial charge in [0.25, 0.3) is 0 Å². The van der Waals surface area contributed by atoms with Crippen molar-refractivity contribution in [3.05, 3.63) is 35.4 Å². The lowest BCUT2D eigenvalue weighted by Crippen LogP contribution is -2.32. The molecule has 92 valence electrons. The zero-order valence-electron chi connectivity index (χ0n) is 8.99. The molecule has 1 fully saturated rings. The SMILES string of the molecule is O=C(O)CC(O)(c1cc(F)ccc1F)C1CC1. The second-order valence-electron chi connectivity index (χ2n) is 4.39. The number of carboxylic acids is 1. The summed E-state index contributed by atoms with van der Waals surface area (Å²) in [5, 5.41) is 19.1.